The second-order valence-electron chi connectivity index (χ2n) is 7.46. The van der Waals surface area contributed by atoms with E-state index in [1.54, 1.807) is 18.2 Å². The van der Waals surface area contributed by atoms with E-state index in [-0.39, 0.29) is 24.2 Å². The van der Waals surface area contributed by atoms with Crippen molar-refractivity contribution in [3.05, 3.63) is 48.7 Å². The third kappa shape index (κ3) is 4.18. The lowest BCUT2D eigenvalue weighted by atomic mass is 10.1. The topological polar surface area (TPSA) is 66.0 Å². The monoisotopic (exact) mass is 394 g/mol. The minimum absolute atomic E-state index is 0.00143. The zero-order chi connectivity index (χ0) is 20.2. The average molecular weight is 394 g/mol. The first kappa shape index (κ1) is 19.2. The summed E-state index contributed by atoms with van der Waals surface area (Å²) in [6.45, 7) is 3.44. The van der Waals surface area contributed by atoms with E-state index in [1.165, 1.54) is 0 Å². The van der Waals surface area contributed by atoms with E-state index in [9.17, 15) is 9.59 Å². The number of amides is 2. The van der Waals surface area contributed by atoms with E-state index in [0.29, 0.717) is 13.1 Å². The van der Waals surface area contributed by atoms with Gasteiger partial charge in [0, 0.05) is 51.0 Å². The lowest BCUT2D eigenvalue weighted by Crippen LogP contribution is -2.40. The van der Waals surface area contributed by atoms with Crippen molar-refractivity contribution in [3.8, 4) is 5.75 Å². The Morgan fingerprint density at radius 2 is 1.90 bits per heavy atom. The Balaban J connectivity index is 1.38. The summed E-state index contributed by atoms with van der Waals surface area (Å²) in [5, 5.41) is 0. The molecule has 29 heavy (non-hydrogen) atoms. The van der Waals surface area contributed by atoms with Crippen LogP contribution in [0.5, 0.6) is 5.75 Å². The number of hydrogen-bond donors (Lipinski definition) is 0. The van der Waals surface area contributed by atoms with E-state index in [2.05, 4.69) is 9.88 Å². The quantitative estimate of drug-likeness (QED) is 0.795. The molecule has 1 atom stereocenters. The molecule has 0 radical (unpaired) electrons. The number of benzene rings is 1. The maximum absolute atomic E-state index is 13.1. The third-order valence-electron chi connectivity index (χ3n) is 5.64. The lowest BCUT2D eigenvalue weighted by molar-refractivity contribution is -0.135. The molecule has 2 fully saturated rings. The molecule has 0 N–H and O–H groups in total. The molecule has 0 unspecified atom stereocenters. The molecular weight excluding hydrogens is 368 g/mol. The van der Waals surface area contributed by atoms with E-state index in [4.69, 9.17) is 4.74 Å². The van der Waals surface area contributed by atoms with Crippen molar-refractivity contribution in [3.63, 3.8) is 0 Å². The van der Waals surface area contributed by atoms with Crippen LogP contribution in [0.1, 0.15) is 12.8 Å². The summed E-state index contributed by atoms with van der Waals surface area (Å²) in [7, 11) is 1.61. The highest BCUT2D eigenvalue weighted by Gasteiger charge is 2.37. The van der Waals surface area contributed by atoms with Gasteiger partial charge in [-0.15, -0.1) is 0 Å². The van der Waals surface area contributed by atoms with Gasteiger partial charge < -0.3 is 19.4 Å². The molecule has 0 bridgehead atoms. The number of methoxy groups -OCH3 is 1. The highest BCUT2D eigenvalue weighted by Crippen LogP contribution is 2.28. The second kappa shape index (κ2) is 8.51. The Bertz CT molecular complexity index is 856. The van der Waals surface area contributed by atoms with Gasteiger partial charge in [-0.2, -0.15) is 0 Å². The van der Waals surface area contributed by atoms with Crippen LogP contribution in [0.3, 0.4) is 0 Å². The van der Waals surface area contributed by atoms with Crippen LogP contribution >= 0.6 is 0 Å². The Kier molecular flexibility index (Phi) is 5.64. The largest absolute Gasteiger partial charge is 0.497 e. The van der Waals surface area contributed by atoms with Gasteiger partial charge in [0.15, 0.2) is 0 Å². The summed E-state index contributed by atoms with van der Waals surface area (Å²) < 4.78 is 5.18. The SMILES string of the molecule is COc1ccc(N2C[C@H](C(=O)N3CCCN(c4ccccn4)CC3)CC2=O)cc1. The van der Waals surface area contributed by atoms with Crippen LogP contribution < -0.4 is 14.5 Å². The molecular formula is C22H26N4O3. The Morgan fingerprint density at radius 3 is 2.62 bits per heavy atom. The number of aromatic nitrogens is 1. The highest BCUT2D eigenvalue weighted by atomic mass is 16.5. The van der Waals surface area contributed by atoms with Crippen LogP contribution in [0, 0.1) is 5.92 Å². The van der Waals surface area contributed by atoms with Gasteiger partial charge in [0.25, 0.3) is 0 Å². The van der Waals surface area contributed by atoms with Crippen molar-refractivity contribution in [2.24, 2.45) is 5.92 Å². The summed E-state index contributed by atoms with van der Waals surface area (Å²) in [4.78, 5) is 35.9. The fraction of sp³-hybridized carbons (Fsp3) is 0.409. The minimum atomic E-state index is -0.286. The second-order valence-corrected chi connectivity index (χ2v) is 7.46. The Labute approximate surface area is 170 Å². The summed E-state index contributed by atoms with van der Waals surface area (Å²) in [6, 6.07) is 13.3. The summed E-state index contributed by atoms with van der Waals surface area (Å²) in [6.07, 6.45) is 2.96. The van der Waals surface area contributed by atoms with Gasteiger partial charge in [-0.1, -0.05) is 6.07 Å². The van der Waals surface area contributed by atoms with Gasteiger partial charge in [0.1, 0.15) is 11.6 Å². The zero-order valence-corrected chi connectivity index (χ0v) is 16.7. The molecule has 0 saturated carbocycles. The number of rotatable bonds is 4. The molecule has 152 valence electrons. The van der Waals surface area contributed by atoms with Crippen LogP contribution in [0.2, 0.25) is 0 Å². The highest BCUT2D eigenvalue weighted by molar-refractivity contribution is 6.00. The number of hydrogen-bond acceptors (Lipinski definition) is 5. The van der Waals surface area contributed by atoms with Gasteiger partial charge in [-0.25, -0.2) is 4.98 Å². The lowest BCUT2D eigenvalue weighted by Gasteiger charge is -2.25. The molecule has 2 aliphatic rings. The summed E-state index contributed by atoms with van der Waals surface area (Å²) in [5.41, 5.74) is 0.809. The van der Waals surface area contributed by atoms with Crippen molar-refractivity contribution in [1.82, 2.24) is 9.88 Å². The zero-order valence-electron chi connectivity index (χ0n) is 16.7. The van der Waals surface area contributed by atoms with Crippen LogP contribution in [-0.4, -0.2) is 61.5 Å². The van der Waals surface area contributed by atoms with Crippen LogP contribution in [0.25, 0.3) is 0 Å². The molecule has 2 amide bonds. The molecule has 1 aromatic carbocycles. The number of nitrogens with zero attached hydrogens (tertiary/aromatic N) is 4. The molecule has 2 aromatic rings. The van der Waals surface area contributed by atoms with E-state index >= 15 is 0 Å². The number of ether oxygens (including phenoxy) is 1. The van der Waals surface area contributed by atoms with Crippen molar-refractivity contribution < 1.29 is 14.3 Å². The molecule has 2 aliphatic heterocycles. The first-order valence-corrected chi connectivity index (χ1v) is 10.0. The number of anilines is 2. The average Bonchev–Trinajstić information content (AvgIpc) is 2.99. The van der Waals surface area contributed by atoms with E-state index in [1.807, 2.05) is 47.4 Å². The van der Waals surface area contributed by atoms with Gasteiger partial charge in [0.2, 0.25) is 11.8 Å². The predicted molar refractivity (Wildman–Crippen MR) is 111 cm³/mol. The number of pyridine rings is 1. The molecule has 7 heteroatoms. The first-order chi connectivity index (χ1) is 14.2. The Morgan fingerprint density at radius 1 is 1.07 bits per heavy atom. The van der Waals surface area contributed by atoms with Crippen LogP contribution in [-0.2, 0) is 9.59 Å². The number of carbonyl (C=O) groups excluding carboxylic acids is 2. The van der Waals surface area contributed by atoms with Crippen LogP contribution in [0.15, 0.2) is 48.7 Å². The van der Waals surface area contributed by atoms with Crippen molar-refractivity contribution in [1.29, 1.82) is 0 Å². The fourth-order valence-electron chi connectivity index (χ4n) is 4.05. The maximum Gasteiger partial charge on any atom is 0.228 e. The normalized spacial score (nSPS) is 20.0. The molecule has 2 saturated heterocycles. The maximum atomic E-state index is 13.1. The van der Waals surface area contributed by atoms with E-state index in [0.717, 1.165) is 43.3 Å². The van der Waals surface area contributed by atoms with Gasteiger partial charge in [-0.05, 0) is 42.8 Å². The standard InChI is InChI=1S/C22H26N4O3/c1-29-19-8-6-18(7-9-19)26-16-17(15-21(26)27)22(28)25-12-4-11-24(13-14-25)20-5-2-3-10-23-20/h2-3,5-10,17H,4,11-16H2,1H3/t17-/m1/s1. The molecule has 1 aromatic heterocycles. The molecule has 3 heterocycles. The molecule has 7 nitrogen and oxygen atoms in total. The van der Waals surface area contributed by atoms with Gasteiger partial charge in [-0.3, -0.25) is 9.59 Å². The Hall–Kier alpha value is -3.09. The number of carbonyl (C=O) groups is 2. The third-order valence-corrected chi connectivity index (χ3v) is 5.64. The smallest absolute Gasteiger partial charge is 0.228 e. The summed E-state index contributed by atoms with van der Waals surface area (Å²) in [5.74, 6) is 1.49. The van der Waals surface area contributed by atoms with Crippen molar-refractivity contribution in [2.75, 3.05) is 49.6 Å². The molecule has 0 aliphatic carbocycles. The van der Waals surface area contributed by atoms with Crippen LogP contribution in [0.4, 0.5) is 11.5 Å². The first-order valence-electron chi connectivity index (χ1n) is 10.0. The molecule has 4 rings (SSSR count). The van der Waals surface area contributed by atoms with Gasteiger partial charge >= 0.3 is 0 Å². The predicted octanol–water partition coefficient (Wildman–Crippen LogP) is 2.18. The van der Waals surface area contributed by atoms with Gasteiger partial charge in [0.05, 0.1) is 13.0 Å². The fourth-order valence-corrected chi connectivity index (χ4v) is 4.05. The van der Waals surface area contributed by atoms with Crippen molar-refractivity contribution >= 4 is 23.3 Å². The van der Waals surface area contributed by atoms with Crippen molar-refractivity contribution in [2.45, 2.75) is 12.8 Å². The van der Waals surface area contributed by atoms with E-state index < -0.39 is 0 Å². The molecule has 0 spiro atoms. The minimum Gasteiger partial charge on any atom is -0.497 e. The summed E-state index contributed by atoms with van der Waals surface area (Å²) >= 11 is 0.